The molecular weight excluding hydrogens is 477 g/mol. The number of likely N-dealkylation sites (tertiary alicyclic amines) is 1. The van der Waals surface area contributed by atoms with Gasteiger partial charge in [0.1, 0.15) is 5.82 Å². The summed E-state index contributed by atoms with van der Waals surface area (Å²) in [5, 5.41) is 4.72. The zero-order valence-corrected chi connectivity index (χ0v) is 21.8. The first kappa shape index (κ1) is 26.8. The summed E-state index contributed by atoms with van der Waals surface area (Å²) in [4.78, 5) is 28.0. The molecule has 1 amide bonds. The van der Waals surface area contributed by atoms with Crippen molar-refractivity contribution in [2.45, 2.75) is 76.7 Å². The number of ether oxygens (including phenoxy) is 2. The normalized spacial score (nSPS) is 17.2. The number of hydrazine groups is 1. The first-order valence-electron chi connectivity index (χ1n) is 13.3. The average Bonchev–Trinajstić information content (AvgIpc) is 3.21. The highest BCUT2D eigenvalue weighted by Crippen LogP contribution is 2.32. The lowest BCUT2D eigenvalue weighted by Crippen LogP contribution is -2.50. The predicted molar refractivity (Wildman–Crippen MR) is 139 cm³/mol. The molecule has 0 unspecified atom stereocenters. The number of benzene rings is 1. The number of amides is 1. The number of rotatable bonds is 8. The highest BCUT2D eigenvalue weighted by molar-refractivity contribution is 5.67. The van der Waals surface area contributed by atoms with Crippen molar-refractivity contribution < 1.29 is 18.7 Å². The third kappa shape index (κ3) is 6.97. The lowest BCUT2D eigenvalue weighted by atomic mass is 10.00. The van der Waals surface area contributed by atoms with Crippen LogP contribution in [0.5, 0.6) is 5.75 Å². The topological polar surface area (TPSA) is 119 Å². The van der Waals surface area contributed by atoms with E-state index in [4.69, 9.17) is 25.3 Å². The SMILES string of the molecule is CCCOC(=O)N1CCC(N(N)c2nc(Nc3ccc(OC)c(F)c3)nc(C3CCCCCC3)n2)CC1. The van der Waals surface area contributed by atoms with Crippen molar-refractivity contribution in [3.05, 3.63) is 29.8 Å². The van der Waals surface area contributed by atoms with Crippen LogP contribution in [0.4, 0.5) is 26.8 Å². The number of piperidine rings is 1. The molecule has 1 aliphatic heterocycles. The van der Waals surface area contributed by atoms with Crippen LogP contribution < -0.4 is 20.9 Å². The van der Waals surface area contributed by atoms with Crippen LogP contribution in [0, 0.1) is 5.82 Å². The van der Waals surface area contributed by atoms with E-state index in [1.807, 2.05) is 6.92 Å². The van der Waals surface area contributed by atoms with Crippen molar-refractivity contribution in [2.75, 3.05) is 37.1 Å². The lowest BCUT2D eigenvalue weighted by molar-refractivity contribution is 0.0924. The van der Waals surface area contributed by atoms with Crippen LogP contribution >= 0.6 is 0 Å². The summed E-state index contributed by atoms with van der Waals surface area (Å²) in [6, 6.07) is 4.58. The van der Waals surface area contributed by atoms with Crippen molar-refractivity contribution in [3.8, 4) is 5.75 Å². The van der Waals surface area contributed by atoms with Gasteiger partial charge in [0.15, 0.2) is 11.6 Å². The van der Waals surface area contributed by atoms with Crippen molar-refractivity contribution in [1.82, 2.24) is 19.9 Å². The van der Waals surface area contributed by atoms with Gasteiger partial charge in [-0.2, -0.15) is 15.0 Å². The van der Waals surface area contributed by atoms with E-state index in [2.05, 4.69) is 10.3 Å². The molecule has 2 aromatic rings. The number of methoxy groups -OCH3 is 1. The molecule has 202 valence electrons. The number of nitrogens with one attached hydrogen (secondary N) is 1. The standard InChI is InChI=1S/C26H38FN7O3/c1-3-16-37-26(35)33-14-12-20(13-15-33)34(28)25-31-23(18-8-6-4-5-7-9-18)30-24(32-25)29-19-10-11-22(36-2)21(27)17-19/h10-11,17-18,20H,3-9,12-16,28H2,1-2H3,(H,29,30,31,32). The fourth-order valence-corrected chi connectivity index (χ4v) is 4.92. The van der Waals surface area contributed by atoms with E-state index >= 15 is 0 Å². The molecule has 2 heterocycles. The zero-order chi connectivity index (χ0) is 26.2. The fourth-order valence-electron chi connectivity index (χ4n) is 4.92. The molecule has 37 heavy (non-hydrogen) atoms. The first-order chi connectivity index (χ1) is 18.0. The van der Waals surface area contributed by atoms with Crippen LogP contribution in [-0.2, 0) is 4.74 Å². The van der Waals surface area contributed by atoms with Crippen molar-refractivity contribution in [1.29, 1.82) is 0 Å². The maximum Gasteiger partial charge on any atom is 0.409 e. The van der Waals surface area contributed by atoms with Gasteiger partial charge in [-0.3, -0.25) is 5.01 Å². The molecule has 11 heteroatoms. The van der Waals surface area contributed by atoms with Gasteiger partial charge in [-0.1, -0.05) is 32.6 Å². The van der Waals surface area contributed by atoms with E-state index in [9.17, 15) is 9.18 Å². The number of anilines is 3. The number of carbonyl (C=O) groups is 1. The molecule has 0 spiro atoms. The molecule has 1 aliphatic carbocycles. The Bertz CT molecular complexity index is 1040. The Morgan fingerprint density at radius 3 is 2.51 bits per heavy atom. The molecule has 1 saturated heterocycles. The van der Waals surface area contributed by atoms with E-state index in [1.54, 1.807) is 22.0 Å². The molecule has 1 aromatic carbocycles. The Morgan fingerprint density at radius 1 is 1.14 bits per heavy atom. The van der Waals surface area contributed by atoms with Gasteiger partial charge in [-0.25, -0.2) is 15.0 Å². The van der Waals surface area contributed by atoms with E-state index in [0.717, 1.165) is 32.1 Å². The molecule has 10 nitrogen and oxygen atoms in total. The van der Waals surface area contributed by atoms with Crippen LogP contribution in [0.15, 0.2) is 18.2 Å². The maximum absolute atomic E-state index is 14.3. The lowest BCUT2D eigenvalue weighted by Gasteiger charge is -2.35. The van der Waals surface area contributed by atoms with Crippen molar-refractivity contribution in [2.24, 2.45) is 5.84 Å². The third-order valence-electron chi connectivity index (χ3n) is 7.05. The molecule has 2 aliphatic rings. The Balaban J connectivity index is 1.53. The second-order valence-electron chi connectivity index (χ2n) is 9.72. The summed E-state index contributed by atoms with van der Waals surface area (Å²) >= 11 is 0. The molecule has 1 saturated carbocycles. The molecule has 3 N–H and O–H groups in total. The number of nitrogens with zero attached hydrogens (tertiary/aromatic N) is 5. The Hall–Kier alpha value is -3.21. The average molecular weight is 516 g/mol. The number of carbonyl (C=O) groups excluding carboxylic acids is 1. The van der Waals surface area contributed by atoms with Crippen LogP contribution in [0.2, 0.25) is 0 Å². The smallest absolute Gasteiger partial charge is 0.409 e. The summed E-state index contributed by atoms with van der Waals surface area (Å²) < 4.78 is 24.6. The van der Waals surface area contributed by atoms with Gasteiger partial charge in [0, 0.05) is 30.8 Å². The number of hydrogen-bond donors (Lipinski definition) is 2. The van der Waals surface area contributed by atoms with Crippen LogP contribution in [0.3, 0.4) is 0 Å². The summed E-state index contributed by atoms with van der Waals surface area (Å²) in [7, 11) is 1.43. The second-order valence-corrected chi connectivity index (χ2v) is 9.72. The van der Waals surface area contributed by atoms with Gasteiger partial charge in [0.2, 0.25) is 11.9 Å². The van der Waals surface area contributed by atoms with Gasteiger partial charge in [-0.15, -0.1) is 0 Å². The molecule has 2 fully saturated rings. The van der Waals surface area contributed by atoms with E-state index in [-0.39, 0.29) is 23.8 Å². The van der Waals surface area contributed by atoms with E-state index < -0.39 is 5.82 Å². The van der Waals surface area contributed by atoms with Crippen LogP contribution in [0.25, 0.3) is 0 Å². The third-order valence-corrected chi connectivity index (χ3v) is 7.05. The number of nitrogens with two attached hydrogens (primary N) is 1. The van der Waals surface area contributed by atoms with Crippen LogP contribution in [0.1, 0.15) is 76.5 Å². The summed E-state index contributed by atoms with van der Waals surface area (Å²) in [6.07, 6.45) is 8.60. The quantitative estimate of drug-likeness (QED) is 0.288. The Kier molecular flexibility index (Phi) is 9.32. The largest absolute Gasteiger partial charge is 0.494 e. The second kappa shape index (κ2) is 12.8. The fraction of sp³-hybridized carbons (Fsp3) is 0.615. The van der Waals surface area contributed by atoms with Crippen molar-refractivity contribution >= 4 is 23.7 Å². The zero-order valence-electron chi connectivity index (χ0n) is 21.8. The minimum Gasteiger partial charge on any atom is -0.494 e. The van der Waals surface area contributed by atoms with Gasteiger partial charge >= 0.3 is 6.09 Å². The maximum atomic E-state index is 14.3. The van der Waals surface area contributed by atoms with Gasteiger partial charge in [-0.05, 0) is 44.2 Å². The highest BCUT2D eigenvalue weighted by Gasteiger charge is 2.29. The number of halogens is 1. The summed E-state index contributed by atoms with van der Waals surface area (Å²) in [5.41, 5.74) is 0.504. The monoisotopic (exact) mass is 515 g/mol. The highest BCUT2D eigenvalue weighted by atomic mass is 19.1. The minimum absolute atomic E-state index is 0.0362. The summed E-state index contributed by atoms with van der Waals surface area (Å²) in [5.74, 6) is 7.88. The molecule has 0 radical (unpaired) electrons. The van der Waals surface area contributed by atoms with Gasteiger partial charge in [0.05, 0.1) is 19.8 Å². The first-order valence-corrected chi connectivity index (χ1v) is 13.3. The molecule has 4 rings (SSSR count). The molecular formula is C26H38FN7O3. The van der Waals surface area contributed by atoms with E-state index in [0.29, 0.717) is 55.9 Å². The minimum atomic E-state index is -0.476. The molecule has 0 bridgehead atoms. The predicted octanol–water partition coefficient (Wildman–Crippen LogP) is 4.89. The Morgan fingerprint density at radius 2 is 1.86 bits per heavy atom. The van der Waals surface area contributed by atoms with Crippen molar-refractivity contribution in [3.63, 3.8) is 0 Å². The molecule has 0 atom stereocenters. The number of hydrogen-bond acceptors (Lipinski definition) is 9. The van der Waals surface area contributed by atoms with E-state index in [1.165, 1.54) is 26.0 Å². The number of aromatic nitrogens is 3. The Labute approximate surface area is 217 Å². The summed E-state index contributed by atoms with van der Waals surface area (Å²) in [6.45, 7) is 3.50. The van der Waals surface area contributed by atoms with Gasteiger partial charge < -0.3 is 19.7 Å². The molecule has 1 aromatic heterocycles. The van der Waals surface area contributed by atoms with Gasteiger partial charge in [0.25, 0.3) is 0 Å². The van der Waals surface area contributed by atoms with Crippen LogP contribution in [-0.4, -0.2) is 58.8 Å².